The minimum atomic E-state index is -0.307. The van der Waals surface area contributed by atoms with E-state index in [0.717, 1.165) is 22.0 Å². The highest BCUT2D eigenvalue weighted by Gasteiger charge is 2.13. The molecular formula is C22H15N5O2S. The lowest BCUT2D eigenvalue weighted by Crippen LogP contribution is -2.07. The fraction of sp³-hybridized carbons (Fsp3) is 0. The van der Waals surface area contributed by atoms with Gasteiger partial charge < -0.3 is 15.0 Å². The summed E-state index contributed by atoms with van der Waals surface area (Å²) in [6.45, 7) is 3.46. The van der Waals surface area contributed by atoms with Crippen molar-refractivity contribution in [2.45, 2.75) is 0 Å². The van der Waals surface area contributed by atoms with Crippen molar-refractivity contribution < 1.29 is 9.53 Å². The lowest BCUT2D eigenvalue weighted by molar-refractivity contribution is -0.111. The van der Waals surface area contributed by atoms with Crippen LogP contribution in [-0.2, 0) is 4.79 Å². The first-order valence-corrected chi connectivity index (χ1v) is 10.0. The Labute approximate surface area is 175 Å². The Kier molecular flexibility index (Phi) is 4.45. The summed E-state index contributed by atoms with van der Waals surface area (Å²) in [5.41, 5.74) is 4.77. The van der Waals surface area contributed by atoms with Crippen molar-refractivity contribution in [2.75, 3.05) is 5.32 Å². The predicted molar refractivity (Wildman–Crippen MR) is 118 cm³/mol. The summed E-state index contributed by atoms with van der Waals surface area (Å²) in [6.07, 6.45) is 6.41. The smallest absolute Gasteiger partial charge is 0.247 e. The van der Waals surface area contributed by atoms with E-state index in [9.17, 15) is 4.79 Å². The Hall–Kier alpha value is -4.04. The van der Waals surface area contributed by atoms with Gasteiger partial charge in [0.05, 0.1) is 17.4 Å². The highest BCUT2D eigenvalue weighted by Crippen LogP contribution is 2.34. The van der Waals surface area contributed by atoms with Gasteiger partial charge in [0.25, 0.3) is 0 Å². The number of fused-ring (bicyclic) bond motifs is 2. The fourth-order valence-electron chi connectivity index (χ4n) is 3.14. The van der Waals surface area contributed by atoms with Crippen LogP contribution in [0.2, 0.25) is 0 Å². The standard InChI is InChI=1S/C22H15N5O2S/c1-2-19(28)26-17-11-30-12-18(17)29-20-10-25-22-21(27-20)15(9-24-22)13-5-6-16-14(8-13)4-3-7-23-16/h2-12H,1H2,(H,24,25)(H,26,28). The molecule has 0 aliphatic carbocycles. The van der Waals surface area contributed by atoms with E-state index in [1.54, 1.807) is 23.2 Å². The van der Waals surface area contributed by atoms with Gasteiger partial charge in [0, 0.05) is 34.1 Å². The van der Waals surface area contributed by atoms with Gasteiger partial charge in [-0.05, 0) is 29.8 Å². The normalized spacial score (nSPS) is 10.9. The average Bonchev–Trinajstić information content (AvgIpc) is 3.40. The van der Waals surface area contributed by atoms with Crippen LogP contribution in [0, 0.1) is 0 Å². The molecule has 7 nitrogen and oxygen atoms in total. The van der Waals surface area contributed by atoms with Crippen LogP contribution in [0.1, 0.15) is 0 Å². The molecule has 1 amide bonds. The molecule has 0 aliphatic rings. The van der Waals surface area contributed by atoms with Crippen molar-refractivity contribution in [2.24, 2.45) is 0 Å². The predicted octanol–water partition coefficient (Wildman–Crippen LogP) is 5.15. The molecule has 8 heteroatoms. The lowest BCUT2D eigenvalue weighted by atomic mass is 10.1. The maximum Gasteiger partial charge on any atom is 0.247 e. The number of nitrogens with zero attached hydrogens (tertiary/aromatic N) is 3. The first-order chi connectivity index (χ1) is 14.7. The monoisotopic (exact) mass is 413 g/mol. The molecule has 0 bridgehead atoms. The van der Waals surface area contributed by atoms with Crippen LogP contribution < -0.4 is 10.1 Å². The second-order valence-electron chi connectivity index (χ2n) is 6.46. The SMILES string of the molecule is C=CC(=O)Nc1cscc1Oc1cnc2[nH]cc(-c3ccc4ncccc4c3)c2n1. The average molecular weight is 413 g/mol. The van der Waals surface area contributed by atoms with Crippen molar-refractivity contribution in [1.29, 1.82) is 0 Å². The first-order valence-electron chi connectivity index (χ1n) is 9.08. The number of benzene rings is 1. The van der Waals surface area contributed by atoms with Gasteiger partial charge in [-0.15, -0.1) is 11.3 Å². The number of amides is 1. The van der Waals surface area contributed by atoms with Crippen LogP contribution >= 0.6 is 11.3 Å². The van der Waals surface area contributed by atoms with Gasteiger partial charge in [-0.2, -0.15) is 0 Å². The zero-order chi connectivity index (χ0) is 20.5. The van der Waals surface area contributed by atoms with Gasteiger partial charge in [0.15, 0.2) is 11.4 Å². The molecule has 146 valence electrons. The van der Waals surface area contributed by atoms with Crippen molar-refractivity contribution in [3.8, 4) is 22.8 Å². The number of nitrogens with one attached hydrogen (secondary N) is 2. The molecule has 0 saturated heterocycles. The number of aromatic amines is 1. The van der Waals surface area contributed by atoms with Crippen LogP contribution in [0.3, 0.4) is 0 Å². The number of ether oxygens (including phenoxy) is 1. The molecule has 1 aromatic carbocycles. The Morgan fingerprint density at radius 3 is 3.07 bits per heavy atom. The molecule has 0 saturated carbocycles. The molecular weight excluding hydrogens is 398 g/mol. The van der Waals surface area contributed by atoms with Gasteiger partial charge in [0.2, 0.25) is 11.8 Å². The van der Waals surface area contributed by atoms with Crippen molar-refractivity contribution >= 4 is 45.0 Å². The number of rotatable bonds is 5. The van der Waals surface area contributed by atoms with Crippen molar-refractivity contribution in [3.05, 3.63) is 72.3 Å². The minimum Gasteiger partial charge on any atom is -0.434 e. The van der Waals surface area contributed by atoms with E-state index in [1.807, 2.05) is 30.5 Å². The number of thiophene rings is 1. The molecule has 0 atom stereocenters. The van der Waals surface area contributed by atoms with Gasteiger partial charge in [-0.25, -0.2) is 9.97 Å². The second-order valence-corrected chi connectivity index (χ2v) is 7.21. The maximum absolute atomic E-state index is 11.6. The molecule has 0 aliphatic heterocycles. The Bertz CT molecular complexity index is 1410. The van der Waals surface area contributed by atoms with Crippen LogP contribution in [0.25, 0.3) is 33.2 Å². The number of pyridine rings is 1. The van der Waals surface area contributed by atoms with Gasteiger partial charge in [-0.1, -0.05) is 18.7 Å². The zero-order valence-electron chi connectivity index (χ0n) is 15.6. The quantitative estimate of drug-likeness (QED) is 0.389. The highest BCUT2D eigenvalue weighted by molar-refractivity contribution is 7.08. The zero-order valence-corrected chi connectivity index (χ0v) is 16.4. The Morgan fingerprint density at radius 1 is 1.23 bits per heavy atom. The van der Waals surface area contributed by atoms with E-state index >= 15 is 0 Å². The number of carbonyl (C=O) groups excluding carboxylic acids is 1. The van der Waals surface area contributed by atoms with Gasteiger partial charge in [0.1, 0.15) is 5.52 Å². The molecule has 4 heterocycles. The molecule has 30 heavy (non-hydrogen) atoms. The van der Waals surface area contributed by atoms with E-state index in [1.165, 1.54) is 17.4 Å². The summed E-state index contributed by atoms with van der Waals surface area (Å²) in [6, 6.07) is 10.0. The number of aromatic nitrogens is 4. The van der Waals surface area contributed by atoms with E-state index in [2.05, 4.69) is 37.9 Å². The molecule has 5 rings (SSSR count). The third-order valence-corrected chi connectivity index (χ3v) is 5.28. The van der Waals surface area contributed by atoms with E-state index in [4.69, 9.17) is 4.74 Å². The minimum absolute atomic E-state index is 0.307. The third-order valence-electron chi connectivity index (χ3n) is 4.56. The van der Waals surface area contributed by atoms with E-state index in [-0.39, 0.29) is 5.91 Å². The van der Waals surface area contributed by atoms with E-state index in [0.29, 0.717) is 28.5 Å². The number of H-pyrrole nitrogens is 1. The van der Waals surface area contributed by atoms with Crippen LogP contribution in [0.15, 0.2) is 72.3 Å². The molecule has 0 radical (unpaired) electrons. The Balaban J connectivity index is 1.51. The molecule has 5 aromatic rings. The number of hydrogen-bond acceptors (Lipinski definition) is 6. The van der Waals surface area contributed by atoms with Crippen molar-refractivity contribution in [3.63, 3.8) is 0 Å². The van der Waals surface area contributed by atoms with Crippen LogP contribution in [0.5, 0.6) is 11.6 Å². The topological polar surface area (TPSA) is 92.8 Å². The molecule has 0 fully saturated rings. The van der Waals surface area contributed by atoms with Crippen molar-refractivity contribution in [1.82, 2.24) is 19.9 Å². The number of anilines is 1. The van der Waals surface area contributed by atoms with Crippen LogP contribution in [-0.4, -0.2) is 25.8 Å². The van der Waals surface area contributed by atoms with Gasteiger partial charge in [-0.3, -0.25) is 9.78 Å². The maximum atomic E-state index is 11.6. The number of carbonyl (C=O) groups is 1. The lowest BCUT2D eigenvalue weighted by Gasteiger charge is -2.07. The molecule has 0 spiro atoms. The summed E-state index contributed by atoms with van der Waals surface area (Å²) >= 11 is 1.41. The molecule has 4 aromatic heterocycles. The highest BCUT2D eigenvalue weighted by atomic mass is 32.1. The summed E-state index contributed by atoms with van der Waals surface area (Å²) in [5, 5.41) is 7.34. The summed E-state index contributed by atoms with van der Waals surface area (Å²) < 4.78 is 5.90. The molecule has 2 N–H and O–H groups in total. The summed E-state index contributed by atoms with van der Waals surface area (Å²) in [7, 11) is 0. The molecule has 0 unspecified atom stereocenters. The number of hydrogen-bond donors (Lipinski definition) is 2. The fourth-order valence-corrected chi connectivity index (χ4v) is 3.82. The Morgan fingerprint density at radius 2 is 2.17 bits per heavy atom. The van der Waals surface area contributed by atoms with E-state index < -0.39 is 0 Å². The van der Waals surface area contributed by atoms with Gasteiger partial charge >= 0.3 is 0 Å². The first kappa shape index (κ1) is 18.0. The van der Waals surface area contributed by atoms with Crippen LogP contribution in [0.4, 0.5) is 5.69 Å². The largest absolute Gasteiger partial charge is 0.434 e. The third kappa shape index (κ3) is 3.29. The summed E-state index contributed by atoms with van der Waals surface area (Å²) in [5.74, 6) is 0.523. The second kappa shape index (κ2) is 7.41. The summed E-state index contributed by atoms with van der Waals surface area (Å²) in [4.78, 5) is 28.2.